The molecule has 0 spiro atoms. The molecule has 10 heteroatoms. The molecule has 142 valence electrons. The highest BCUT2D eigenvalue weighted by molar-refractivity contribution is 8.22. The number of hydrogen-bond donors (Lipinski definition) is 1. The number of likely N-dealkylation sites (tertiary alicyclic amines) is 2. The Morgan fingerprint density at radius 1 is 1.08 bits per heavy atom. The lowest BCUT2D eigenvalue weighted by Gasteiger charge is -2.36. The minimum atomic E-state index is -2.91. The fourth-order valence-corrected chi connectivity index (χ4v) is 2.83. The normalized spacial score (nSPS) is 30.2. The van der Waals surface area contributed by atoms with Crippen LogP contribution in [0.25, 0.3) is 0 Å². The summed E-state index contributed by atoms with van der Waals surface area (Å²) in [5.41, 5.74) is 0. The molecule has 2 fully saturated rings. The van der Waals surface area contributed by atoms with E-state index in [1.807, 2.05) is 0 Å². The molecule has 2 rings (SSSR count). The summed E-state index contributed by atoms with van der Waals surface area (Å²) in [6.45, 7) is 0.594. The number of aliphatic hydroxyl groups excluding tert-OH is 1. The van der Waals surface area contributed by atoms with Crippen molar-refractivity contribution in [2.75, 3.05) is 46.5 Å². The standard InChI is InChI=1S/C8H13F2NOS2.C6H11F2NO/c1-11-4-3-6(8(9,10)5-11)12-7(13)14-2;1-9-3-2-5(10)6(7,8)4-9/h6H,3-5H2,1-2H3;5,10H,2-4H2,1H3. The van der Waals surface area contributed by atoms with Crippen LogP contribution in [-0.4, -0.2) is 89.9 Å². The van der Waals surface area contributed by atoms with Gasteiger partial charge in [0.2, 0.25) is 4.38 Å². The molecule has 2 saturated heterocycles. The predicted molar refractivity (Wildman–Crippen MR) is 91.1 cm³/mol. The van der Waals surface area contributed by atoms with Crippen molar-refractivity contribution in [3.05, 3.63) is 0 Å². The summed E-state index contributed by atoms with van der Waals surface area (Å²) >= 11 is 5.94. The third-order valence-electron chi connectivity index (χ3n) is 3.88. The highest BCUT2D eigenvalue weighted by atomic mass is 32.2. The van der Waals surface area contributed by atoms with Gasteiger partial charge in [0.15, 0.2) is 6.10 Å². The number of thioether (sulfide) groups is 1. The van der Waals surface area contributed by atoms with Gasteiger partial charge < -0.3 is 19.6 Å². The van der Waals surface area contributed by atoms with E-state index in [0.29, 0.717) is 19.5 Å². The van der Waals surface area contributed by atoms with Crippen LogP contribution in [0.2, 0.25) is 0 Å². The Hall–Kier alpha value is -0.160. The number of nitrogens with zero attached hydrogens (tertiary/aromatic N) is 2. The molecule has 24 heavy (non-hydrogen) atoms. The average Bonchev–Trinajstić information content (AvgIpc) is 2.45. The third kappa shape index (κ3) is 6.62. The second-order valence-corrected chi connectivity index (χ2v) is 7.56. The number of ether oxygens (including phenoxy) is 1. The largest absolute Gasteiger partial charge is 0.469 e. The molecule has 0 radical (unpaired) electrons. The van der Waals surface area contributed by atoms with Gasteiger partial charge in [0.25, 0.3) is 11.8 Å². The molecule has 0 bridgehead atoms. The molecule has 0 amide bonds. The van der Waals surface area contributed by atoms with Crippen LogP contribution in [0.15, 0.2) is 0 Å². The van der Waals surface area contributed by atoms with Crippen molar-refractivity contribution in [3.63, 3.8) is 0 Å². The molecule has 2 atom stereocenters. The van der Waals surface area contributed by atoms with Gasteiger partial charge >= 0.3 is 0 Å². The van der Waals surface area contributed by atoms with E-state index >= 15 is 0 Å². The summed E-state index contributed by atoms with van der Waals surface area (Å²) < 4.78 is 57.1. The lowest BCUT2D eigenvalue weighted by Crippen LogP contribution is -2.51. The highest BCUT2D eigenvalue weighted by Gasteiger charge is 2.45. The Morgan fingerprint density at radius 2 is 1.58 bits per heavy atom. The van der Waals surface area contributed by atoms with Gasteiger partial charge in [0.05, 0.1) is 13.1 Å². The zero-order chi connectivity index (χ0) is 18.5. The van der Waals surface area contributed by atoms with Gasteiger partial charge in [-0.05, 0) is 39.0 Å². The van der Waals surface area contributed by atoms with Crippen molar-refractivity contribution in [2.45, 2.75) is 36.9 Å². The summed E-state index contributed by atoms with van der Waals surface area (Å²) in [6.07, 6.45) is -0.286. The van der Waals surface area contributed by atoms with Crippen LogP contribution < -0.4 is 0 Å². The minimum absolute atomic E-state index is 0.170. The van der Waals surface area contributed by atoms with Crippen molar-refractivity contribution < 1.29 is 27.4 Å². The van der Waals surface area contributed by atoms with Gasteiger partial charge in [-0.15, -0.1) is 0 Å². The first kappa shape index (κ1) is 21.9. The lowest BCUT2D eigenvalue weighted by molar-refractivity contribution is -0.145. The van der Waals surface area contributed by atoms with Crippen LogP contribution in [0.4, 0.5) is 17.6 Å². The van der Waals surface area contributed by atoms with Crippen LogP contribution >= 0.6 is 24.0 Å². The van der Waals surface area contributed by atoms with E-state index in [-0.39, 0.29) is 23.9 Å². The Balaban J connectivity index is 0.000000254. The first-order valence-electron chi connectivity index (χ1n) is 7.53. The Morgan fingerprint density at radius 3 is 2.00 bits per heavy atom. The number of hydrogen-bond acceptors (Lipinski definition) is 6. The van der Waals surface area contributed by atoms with Crippen LogP contribution in [0.1, 0.15) is 12.8 Å². The van der Waals surface area contributed by atoms with Crippen LogP contribution in [0, 0.1) is 0 Å². The van der Waals surface area contributed by atoms with E-state index in [1.165, 1.54) is 16.7 Å². The Bertz CT molecular complexity index is 430. The van der Waals surface area contributed by atoms with Crippen molar-refractivity contribution in [1.82, 2.24) is 9.80 Å². The molecular weight excluding hydrogens is 368 g/mol. The second kappa shape index (κ2) is 8.98. The first-order valence-corrected chi connectivity index (χ1v) is 9.16. The SMILES string of the molecule is CN1CCC(O)C(F)(F)C1.CSC(=S)OC1CCN(C)CC1(F)F. The number of aliphatic hydroxyl groups is 1. The zero-order valence-corrected chi connectivity index (χ0v) is 15.6. The lowest BCUT2D eigenvalue weighted by atomic mass is 10.0. The molecule has 1 N–H and O–H groups in total. The third-order valence-corrected chi connectivity index (χ3v) is 4.91. The molecule has 2 heterocycles. The zero-order valence-electron chi connectivity index (χ0n) is 14.0. The van der Waals surface area contributed by atoms with Crippen molar-refractivity contribution >= 4 is 28.4 Å². The van der Waals surface area contributed by atoms with E-state index < -0.39 is 24.1 Å². The topological polar surface area (TPSA) is 35.9 Å². The quantitative estimate of drug-likeness (QED) is 0.545. The summed E-state index contributed by atoms with van der Waals surface area (Å²) in [5, 5.41) is 8.78. The maximum atomic E-state index is 13.4. The number of alkyl halides is 4. The molecule has 0 saturated carbocycles. The van der Waals surface area contributed by atoms with E-state index in [4.69, 9.17) is 22.1 Å². The molecular formula is C14H24F4N2O2S2. The summed E-state index contributed by atoms with van der Waals surface area (Å²) in [5.74, 6) is -5.71. The second-order valence-electron chi connectivity index (χ2n) is 6.15. The van der Waals surface area contributed by atoms with Crippen molar-refractivity contribution in [2.24, 2.45) is 0 Å². The molecule has 2 unspecified atom stereocenters. The van der Waals surface area contributed by atoms with Gasteiger partial charge in [0.1, 0.15) is 6.10 Å². The van der Waals surface area contributed by atoms with E-state index in [0.717, 1.165) is 0 Å². The number of halogens is 4. The number of rotatable bonds is 1. The van der Waals surface area contributed by atoms with Gasteiger partial charge in [-0.25, -0.2) is 17.6 Å². The van der Waals surface area contributed by atoms with Crippen LogP contribution in [0.5, 0.6) is 0 Å². The van der Waals surface area contributed by atoms with Crippen LogP contribution in [-0.2, 0) is 4.74 Å². The average molecular weight is 392 g/mol. The number of piperidine rings is 2. The maximum absolute atomic E-state index is 13.4. The van der Waals surface area contributed by atoms with Crippen LogP contribution in [0.3, 0.4) is 0 Å². The van der Waals surface area contributed by atoms with Gasteiger partial charge in [0, 0.05) is 19.5 Å². The fraction of sp³-hybridized carbons (Fsp3) is 0.929. The number of thiocarbonyl (C=S) groups is 1. The Kier molecular flexibility index (Phi) is 8.18. The summed E-state index contributed by atoms with van der Waals surface area (Å²) in [4.78, 5) is 3.12. The summed E-state index contributed by atoms with van der Waals surface area (Å²) in [6, 6.07) is 0. The smallest absolute Gasteiger partial charge is 0.296 e. The Labute approximate surface area is 149 Å². The molecule has 2 aliphatic heterocycles. The molecule has 0 aromatic heterocycles. The first-order chi connectivity index (χ1) is 11.0. The maximum Gasteiger partial charge on any atom is 0.296 e. The molecule has 0 aliphatic carbocycles. The van der Waals surface area contributed by atoms with Crippen molar-refractivity contribution in [3.8, 4) is 0 Å². The fourth-order valence-electron chi connectivity index (χ4n) is 2.50. The molecule has 4 nitrogen and oxygen atoms in total. The van der Waals surface area contributed by atoms with E-state index in [2.05, 4.69) is 0 Å². The summed E-state index contributed by atoms with van der Waals surface area (Å²) in [7, 11) is 3.30. The molecule has 2 aliphatic rings. The predicted octanol–water partition coefficient (Wildman–Crippen LogP) is 2.31. The van der Waals surface area contributed by atoms with Gasteiger partial charge in [-0.3, -0.25) is 0 Å². The minimum Gasteiger partial charge on any atom is -0.469 e. The molecule has 0 aromatic rings. The van der Waals surface area contributed by atoms with Gasteiger partial charge in [-0.2, -0.15) is 0 Å². The van der Waals surface area contributed by atoms with E-state index in [1.54, 1.807) is 25.3 Å². The molecule has 0 aromatic carbocycles. The van der Waals surface area contributed by atoms with Crippen molar-refractivity contribution in [1.29, 1.82) is 0 Å². The highest BCUT2D eigenvalue weighted by Crippen LogP contribution is 2.30. The monoisotopic (exact) mass is 392 g/mol. The van der Waals surface area contributed by atoms with Gasteiger partial charge in [-0.1, -0.05) is 11.8 Å². The van der Waals surface area contributed by atoms with E-state index in [9.17, 15) is 17.6 Å².